The minimum atomic E-state index is -0.352. The lowest BCUT2D eigenvalue weighted by Crippen LogP contribution is -2.19. The second-order valence-corrected chi connectivity index (χ2v) is 8.67. The second-order valence-electron chi connectivity index (χ2n) is 8.67. The van der Waals surface area contributed by atoms with Crippen LogP contribution in [0, 0.1) is 5.92 Å². The number of nitrogens with one attached hydrogen (secondary N) is 2. The van der Waals surface area contributed by atoms with Gasteiger partial charge >= 0.3 is 0 Å². The Morgan fingerprint density at radius 3 is 2.76 bits per heavy atom. The van der Waals surface area contributed by atoms with Crippen LogP contribution in [0.15, 0.2) is 36.7 Å². The number of amides is 2. The second kappa shape index (κ2) is 10.1. The Morgan fingerprint density at radius 1 is 1.18 bits per heavy atom. The first-order chi connectivity index (χ1) is 15.9. The van der Waals surface area contributed by atoms with E-state index >= 15 is 0 Å². The van der Waals surface area contributed by atoms with E-state index in [2.05, 4.69) is 20.7 Å². The maximum absolute atomic E-state index is 12.8. The minimum absolute atomic E-state index is 0.120. The summed E-state index contributed by atoms with van der Waals surface area (Å²) >= 11 is 0. The van der Waals surface area contributed by atoms with Crippen molar-refractivity contribution in [2.45, 2.75) is 52.4 Å². The Morgan fingerprint density at radius 2 is 2.03 bits per heavy atom. The van der Waals surface area contributed by atoms with Crippen molar-refractivity contribution < 1.29 is 19.4 Å². The summed E-state index contributed by atoms with van der Waals surface area (Å²) in [6, 6.07) is 7.06. The molecule has 1 unspecified atom stereocenters. The average Bonchev–Trinajstić information content (AvgIpc) is 3.17. The standard InChI is InChI=1S/C24H29N5O4/c1-15(2)9-22(31)26-18-10-16(12-25-13-18)24(32)27-17-6-7-21-19(11-17)20(14-30)28-29(21)23-5-3-4-8-33-23/h6-7,10-13,15,23,30H,3-5,8-9,14H2,1-2H3,(H,26,31)(H,27,32). The van der Waals surface area contributed by atoms with E-state index in [4.69, 9.17) is 4.74 Å². The van der Waals surface area contributed by atoms with Crippen molar-refractivity contribution in [3.8, 4) is 0 Å². The largest absolute Gasteiger partial charge is 0.390 e. The zero-order valence-corrected chi connectivity index (χ0v) is 18.9. The number of pyridine rings is 1. The number of nitrogens with zero attached hydrogens (tertiary/aromatic N) is 3. The van der Waals surface area contributed by atoms with Gasteiger partial charge in [-0.3, -0.25) is 14.6 Å². The Labute approximate surface area is 192 Å². The maximum atomic E-state index is 12.8. The SMILES string of the molecule is CC(C)CC(=O)Nc1cncc(C(=O)Nc2ccc3c(c2)c(CO)nn3C2CCCCO2)c1. The van der Waals surface area contributed by atoms with E-state index in [1.54, 1.807) is 18.2 Å². The van der Waals surface area contributed by atoms with Gasteiger partial charge in [0.05, 0.1) is 35.3 Å². The van der Waals surface area contributed by atoms with Crippen molar-refractivity contribution in [3.63, 3.8) is 0 Å². The van der Waals surface area contributed by atoms with Crippen molar-refractivity contribution in [1.82, 2.24) is 14.8 Å². The third-order valence-corrected chi connectivity index (χ3v) is 5.50. The Bertz CT molecular complexity index is 1150. The van der Waals surface area contributed by atoms with Gasteiger partial charge in [0.1, 0.15) is 0 Å². The fraction of sp³-hybridized carbons (Fsp3) is 0.417. The molecule has 3 aromatic rings. The Balaban J connectivity index is 1.52. The number of hydrogen-bond acceptors (Lipinski definition) is 6. The minimum Gasteiger partial charge on any atom is -0.390 e. The van der Waals surface area contributed by atoms with Crippen molar-refractivity contribution in [3.05, 3.63) is 47.9 Å². The van der Waals surface area contributed by atoms with Crippen LogP contribution in [0.5, 0.6) is 0 Å². The van der Waals surface area contributed by atoms with Crippen LogP contribution in [0.4, 0.5) is 11.4 Å². The van der Waals surface area contributed by atoms with Crippen LogP contribution in [-0.4, -0.2) is 38.3 Å². The van der Waals surface area contributed by atoms with Crippen LogP contribution in [0.25, 0.3) is 10.9 Å². The number of aliphatic hydroxyl groups excluding tert-OH is 1. The van der Waals surface area contributed by atoms with Crippen molar-refractivity contribution >= 4 is 34.1 Å². The summed E-state index contributed by atoms with van der Waals surface area (Å²) in [6.07, 6.45) is 6.18. The molecule has 3 N–H and O–H groups in total. The quantitative estimate of drug-likeness (QED) is 0.502. The van der Waals surface area contributed by atoms with Crippen LogP contribution in [0.1, 0.15) is 61.8 Å². The highest BCUT2D eigenvalue weighted by Gasteiger charge is 2.21. The molecule has 1 fully saturated rings. The van der Waals surface area contributed by atoms with E-state index in [1.807, 2.05) is 24.6 Å². The molecule has 4 rings (SSSR count). The van der Waals surface area contributed by atoms with Crippen molar-refractivity contribution in [2.24, 2.45) is 5.92 Å². The van der Waals surface area contributed by atoms with Gasteiger partial charge in [-0.05, 0) is 49.4 Å². The highest BCUT2D eigenvalue weighted by molar-refractivity contribution is 6.06. The number of anilines is 2. The van der Waals surface area contributed by atoms with Crippen LogP contribution in [0.3, 0.4) is 0 Å². The molecule has 33 heavy (non-hydrogen) atoms. The van der Waals surface area contributed by atoms with Gasteiger partial charge in [0.15, 0.2) is 6.23 Å². The molecular weight excluding hydrogens is 422 g/mol. The Kier molecular flexibility index (Phi) is 7.00. The molecule has 0 spiro atoms. The van der Waals surface area contributed by atoms with Crippen LogP contribution < -0.4 is 10.6 Å². The number of rotatable bonds is 7. The molecule has 1 saturated heterocycles. The third kappa shape index (κ3) is 5.37. The molecule has 0 saturated carbocycles. The van der Waals surface area contributed by atoms with Crippen LogP contribution >= 0.6 is 0 Å². The number of carbonyl (C=O) groups excluding carboxylic acids is 2. The number of aromatic nitrogens is 3. The smallest absolute Gasteiger partial charge is 0.257 e. The van der Waals surface area contributed by atoms with Crippen LogP contribution in [0.2, 0.25) is 0 Å². The summed E-state index contributed by atoms with van der Waals surface area (Å²) in [7, 11) is 0. The molecule has 2 aromatic heterocycles. The summed E-state index contributed by atoms with van der Waals surface area (Å²) in [4.78, 5) is 28.9. The van der Waals surface area contributed by atoms with E-state index in [1.165, 1.54) is 12.4 Å². The van der Waals surface area contributed by atoms with Gasteiger partial charge in [0.25, 0.3) is 5.91 Å². The van der Waals surface area contributed by atoms with Gasteiger partial charge in [0, 0.05) is 30.3 Å². The summed E-state index contributed by atoms with van der Waals surface area (Å²) in [6.45, 7) is 4.41. The fourth-order valence-electron chi connectivity index (χ4n) is 3.95. The van der Waals surface area contributed by atoms with Gasteiger partial charge in [-0.1, -0.05) is 13.8 Å². The summed E-state index contributed by atoms with van der Waals surface area (Å²) in [5.41, 5.74) is 2.75. The maximum Gasteiger partial charge on any atom is 0.257 e. The first kappa shape index (κ1) is 22.9. The summed E-state index contributed by atoms with van der Waals surface area (Å²) < 4.78 is 7.67. The molecule has 1 atom stereocenters. The van der Waals surface area contributed by atoms with E-state index in [-0.39, 0.29) is 30.6 Å². The molecule has 1 aromatic carbocycles. The molecule has 1 aliphatic heterocycles. The predicted molar refractivity (Wildman–Crippen MR) is 125 cm³/mol. The molecule has 0 aliphatic carbocycles. The monoisotopic (exact) mass is 451 g/mol. The number of carbonyl (C=O) groups is 2. The highest BCUT2D eigenvalue weighted by atomic mass is 16.5. The van der Waals surface area contributed by atoms with Crippen molar-refractivity contribution in [1.29, 1.82) is 0 Å². The molecule has 3 heterocycles. The lowest BCUT2D eigenvalue weighted by molar-refractivity contribution is -0.116. The molecule has 9 nitrogen and oxygen atoms in total. The third-order valence-electron chi connectivity index (χ3n) is 5.50. The van der Waals surface area contributed by atoms with Gasteiger partial charge < -0.3 is 20.5 Å². The molecular formula is C24H29N5O4. The number of fused-ring (bicyclic) bond motifs is 1. The van der Waals surface area contributed by atoms with E-state index in [0.29, 0.717) is 35.7 Å². The van der Waals surface area contributed by atoms with E-state index in [9.17, 15) is 14.7 Å². The molecule has 0 bridgehead atoms. The summed E-state index contributed by atoms with van der Waals surface area (Å²) in [5.74, 6) is -0.238. The fourth-order valence-corrected chi connectivity index (χ4v) is 3.95. The van der Waals surface area contributed by atoms with Gasteiger partial charge in [-0.2, -0.15) is 5.10 Å². The molecule has 2 amide bonds. The van der Waals surface area contributed by atoms with Crippen LogP contribution in [-0.2, 0) is 16.1 Å². The average molecular weight is 452 g/mol. The zero-order valence-electron chi connectivity index (χ0n) is 18.9. The molecule has 0 radical (unpaired) electrons. The Hall–Kier alpha value is -3.30. The van der Waals surface area contributed by atoms with E-state index < -0.39 is 0 Å². The predicted octanol–water partition coefficient (Wildman–Crippen LogP) is 3.86. The number of benzene rings is 1. The van der Waals surface area contributed by atoms with Gasteiger partial charge in [-0.25, -0.2) is 4.68 Å². The number of aliphatic hydroxyl groups is 1. The highest BCUT2D eigenvalue weighted by Crippen LogP contribution is 2.30. The lowest BCUT2D eigenvalue weighted by Gasteiger charge is -2.23. The first-order valence-corrected chi connectivity index (χ1v) is 11.2. The van der Waals surface area contributed by atoms with Crippen molar-refractivity contribution in [2.75, 3.05) is 17.2 Å². The molecule has 1 aliphatic rings. The lowest BCUT2D eigenvalue weighted by atomic mass is 10.1. The molecule has 9 heteroatoms. The van der Waals surface area contributed by atoms with Gasteiger partial charge in [0.2, 0.25) is 5.91 Å². The number of hydrogen-bond donors (Lipinski definition) is 3. The number of ether oxygens (including phenoxy) is 1. The first-order valence-electron chi connectivity index (χ1n) is 11.2. The molecule has 174 valence electrons. The van der Waals surface area contributed by atoms with Gasteiger partial charge in [-0.15, -0.1) is 0 Å². The zero-order chi connectivity index (χ0) is 23.4. The normalized spacial score (nSPS) is 16.2. The van der Waals surface area contributed by atoms with E-state index in [0.717, 1.165) is 30.2 Å². The summed E-state index contributed by atoms with van der Waals surface area (Å²) in [5, 5.41) is 20.8. The topological polar surface area (TPSA) is 118 Å².